The standard InChI is InChI=1S/C20H28N2O2/c23-19-13-18(20(24)21-14-17-9-5-2-6-10-17)15-22(19)12-11-16-7-3-1-4-8-16/h1,3-4,7-8,17-18H,2,5-6,9-15H2,(H,21,24). The molecule has 1 saturated heterocycles. The van der Waals surface area contributed by atoms with E-state index in [-0.39, 0.29) is 17.7 Å². The normalized spacial score (nSPS) is 21.9. The molecular weight excluding hydrogens is 300 g/mol. The molecule has 4 nitrogen and oxygen atoms in total. The van der Waals surface area contributed by atoms with E-state index in [0.717, 1.165) is 13.0 Å². The number of carbonyl (C=O) groups excluding carboxylic acids is 2. The van der Waals surface area contributed by atoms with Crippen LogP contribution < -0.4 is 5.32 Å². The Bertz CT molecular complexity index is 552. The van der Waals surface area contributed by atoms with E-state index in [1.54, 1.807) is 0 Å². The molecule has 1 saturated carbocycles. The highest BCUT2D eigenvalue weighted by atomic mass is 16.2. The Labute approximate surface area is 144 Å². The van der Waals surface area contributed by atoms with Crippen molar-refractivity contribution in [2.24, 2.45) is 11.8 Å². The van der Waals surface area contributed by atoms with E-state index in [1.165, 1.54) is 37.7 Å². The van der Waals surface area contributed by atoms with Crippen LogP contribution in [0.3, 0.4) is 0 Å². The van der Waals surface area contributed by atoms with E-state index in [1.807, 2.05) is 23.1 Å². The van der Waals surface area contributed by atoms with Crippen LogP contribution in [-0.4, -0.2) is 36.3 Å². The highest BCUT2D eigenvalue weighted by Gasteiger charge is 2.34. The molecule has 1 aromatic rings. The Morgan fingerprint density at radius 3 is 2.62 bits per heavy atom. The number of amides is 2. The summed E-state index contributed by atoms with van der Waals surface area (Å²) in [4.78, 5) is 26.4. The van der Waals surface area contributed by atoms with Gasteiger partial charge in [-0.05, 0) is 30.7 Å². The minimum atomic E-state index is -0.170. The molecule has 0 radical (unpaired) electrons. The lowest BCUT2D eigenvalue weighted by Crippen LogP contribution is -2.36. The zero-order chi connectivity index (χ0) is 16.8. The summed E-state index contributed by atoms with van der Waals surface area (Å²) < 4.78 is 0. The van der Waals surface area contributed by atoms with Crippen LogP contribution in [0.5, 0.6) is 0 Å². The van der Waals surface area contributed by atoms with E-state index >= 15 is 0 Å². The molecule has 24 heavy (non-hydrogen) atoms. The van der Waals surface area contributed by atoms with Crippen molar-refractivity contribution < 1.29 is 9.59 Å². The highest BCUT2D eigenvalue weighted by molar-refractivity contribution is 5.89. The second-order valence-electron chi connectivity index (χ2n) is 7.23. The topological polar surface area (TPSA) is 49.4 Å². The largest absolute Gasteiger partial charge is 0.356 e. The fraction of sp³-hybridized carbons (Fsp3) is 0.600. The lowest BCUT2D eigenvalue weighted by molar-refractivity contribution is -0.129. The van der Waals surface area contributed by atoms with Crippen LogP contribution in [0.15, 0.2) is 30.3 Å². The molecule has 2 amide bonds. The lowest BCUT2D eigenvalue weighted by Gasteiger charge is -2.22. The number of nitrogens with one attached hydrogen (secondary N) is 1. The maximum atomic E-state index is 12.4. The number of rotatable bonds is 6. The Hall–Kier alpha value is -1.84. The SMILES string of the molecule is O=C(NCC1CCCCC1)C1CC(=O)N(CCc2ccccc2)C1. The van der Waals surface area contributed by atoms with Crippen LogP contribution in [0.4, 0.5) is 0 Å². The highest BCUT2D eigenvalue weighted by Crippen LogP contribution is 2.23. The predicted octanol–water partition coefficient (Wildman–Crippen LogP) is 2.77. The van der Waals surface area contributed by atoms with Crippen LogP contribution in [0.2, 0.25) is 0 Å². The predicted molar refractivity (Wildman–Crippen MR) is 94.4 cm³/mol. The van der Waals surface area contributed by atoms with Crippen molar-refractivity contribution >= 4 is 11.8 Å². The van der Waals surface area contributed by atoms with E-state index in [0.29, 0.717) is 25.4 Å². The summed E-state index contributed by atoms with van der Waals surface area (Å²) in [6.45, 7) is 2.06. The van der Waals surface area contributed by atoms with E-state index in [2.05, 4.69) is 17.4 Å². The zero-order valence-corrected chi connectivity index (χ0v) is 14.4. The van der Waals surface area contributed by atoms with Gasteiger partial charge in [-0.15, -0.1) is 0 Å². The van der Waals surface area contributed by atoms with Crippen molar-refractivity contribution in [2.75, 3.05) is 19.6 Å². The molecule has 0 bridgehead atoms. The average molecular weight is 328 g/mol. The molecule has 1 aliphatic carbocycles. The minimum Gasteiger partial charge on any atom is -0.356 e. The van der Waals surface area contributed by atoms with Crippen molar-refractivity contribution in [3.63, 3.8) is 0 Å². The smallest absolute Gasteiger partial charge is 0.225 e. The van der Waals surface area contributed by atoms with E-state index in [4.69, 9.17) is 0 Å². The van der Waals surface area contributed by atoms with Gasteiger partial charge in [-0.1, -0.05) is 49.6 Å². The Morgan fingerprint density at radius 2 is 1.88 bits per heavy atom. The Morgan fingerprint density at radius 1 is 1.12 bits per heavy atom. The van der Waals surface area contributed by atoms with Gasteiger partial charge in [0.15, 0.2) is 0 Å². The molecule has 1 aromatic carbocycles. The first-order chi connectivity index (χ1) is 11.7. The summed E-state index contributed by atoms with van der Waals surface area (Å²) in [5.41, 5.74) is 1.23. The molecule has 1 unspecified atom stereocenters. The van der Waals surface area contributed by atoms with Crippen LogP contribution in [-0.2, 0) is 16.0 Å². The van der Waals surface area contributed by atoms with Crippen LogP contribution in [0.25, 0.3) is 0 Å². The number of carbonyl (C=O) groups is 2. The van der Waals surface area contributed by atoms with Gasteiger partial charge in [0.1, 0.15) is 0 Å². The molecule has 1 atom stereocenters. The number of likely N-dealkylation sites (tertiary alicyclic amines) is 1. The van der Waals surface area contributed by atoms with Gasteiger partial charge in [0.2, 0.25) is 11.8 Å². The Balaban J connectivity index is 1.42. The van der Waals surface area contributed by atoms with Crippen molar-refractivity contribution in [3.05, 3.63) is 35.9 Å². The van der Waals surface area contributed by atoms with Gasteiger partial charge in [-0.25, -0.2) is 0 Å². The molecule has 2 fully saturated rings. The summed E-state index contributed by atoms with van der Waals surface area (Å²) in [5.74, 6) is 0.644. The molecule has 1 aliphatic heterocycles. The molecule has 4 heteroatoms. The second kappa shape index (κ2) is 8.32. The molecule has 3 rings (SSSR count). The summed E-state index contributed by atoms with van der Waals surface area (Å²) >= 11 is 0. The van der Waals surface area contributed by atoms with Crippen LogP contribution in [0, 0.1) is 11.8 Å². The third-order valence-electron chi connectivity index (χ3n) is 5.39. The van der Waals surface area contributed by atoms with Crippen molar-refractivity contribution in [3.8, 4) is 0 Å². The first kappa shape index (κ1) is 17.0. The van der Waals surface area contributed by atoms with Gasteiger partial charge in [-0.3, -0.25) is 9.59 Å². The summed E-state index contributed by atoms with van der Waals surface area (Å²) in [7, 11) is 0. The molecular formula is C20H28N2O2. The number of hydrogen-bond donors (Lipinski definition) is 1. The monoisotopic (exact) mass is 328 g/mol. The van der Waals surface area contributed by atoms with Crippen molar-refractivity contribution in [2.45, 2.75) is 44.9 Å². The maximum Gasteiger partial charge on any atom is 0.225 e. The quantitative estimate of drug-likeness (QED) is 0.873. The molecule has 1 heterocycles. The van der Waals surface area contributed by atoms with Crippen LogP contribution in [0.1, 0.15) is 44.1 Å². The van der Waals surface area contributed by atoms with Gasteiger partial charge < -0.3 is 10.2 Å². The van der Waals surface area contributed by atoms with E-state index in [9.17, 15) is 9.59 Å². The Kier molecular flexibility index (Phi) is 5.89. The van der Waals surface area contributed by atoms with E-state index < -0.39 is 0 Å². The lowest BCUT2D eigenvalue weighted by atomic mass is 9.89. The van der Waals surface area contributed by atoms with Gasteiger partial charge in [0.25, 0.3) is 0 Å². The van der Waals surface area contributed by atoms with Crippen molar-refractivity contribution in [1.29, 1.82) is 0 Å². The molecule has 2 aliphatic rings. The molecule has 0 spiro atoms. The van der Waals surface area contributed by atoms with Gasteiger partial charge in [-0.2, -0.15) is 0 Å². The van der Waals surface area contributed by atoms with Gasteiger partial charge in [0.05, 0.1) is 5.92 Å². The zero-order valence-electron chi connectivity index (χ0n) is 14.4. The minimum absolute atomic E-state index is 0.0659. The van der Waals surface area contributed by atoms with Gasteiger partial charge in [0, 0.05) is 26.1 Å². The summed E-state index contributed by atoms with van der Waals surface area (Å²) in [6, 6.07) is 10.2. The molecule has 130 valence electrons. The first-order valence-corrected chi connectivity index (χ1v) is 9.32. The first-order valence-electron chi connectivity index (χ1n) is 9.32. The van der Waals surface area contributed by atoms with Gasteiger partial charge >= 0.3 is 0 Å². The second-order valence-corrected chi connectivity index (χ2v) is 7.23. The van der Waals surface area contributed by atoms with Crippen LogP contribution >= 0.6 is 0 Å². The third-order valence-corrected chi connectivity index (χ3v) is 5.39. The van der Waals surface area contributed by atoms with Crippen molar-refractivity contribution in [1.82, 2.24) is 10.2 Å². The number of benzene rings is 1. The fourth-order valence-corrected chi connectivity index (χ4v) is 3.85. The fourth-order valence-electron chi connectivity index (χ4n) is 3.85. The summed E-state index contributed by atoms with van der Waals surface area (Å²) in [6.07, 6.45) is 7.58. The summed E-state index contributed by atoms with van der Waals surface area (Å²) in [5, 5.41) is 3.09. The maximum absolute atomic E-state index is 12.4. The molecule has 1 N–H and O–H groups in total. The number of hydrogen-bond acceptors (Lipinski definition) is 2. The third kappa shape index (κ3) is 4.59. The average Bonchev–Trinajstić information content (AvgIpc) is 3.00. The molecule has 0 aromatic heterocycles. The number of nitrogens with zero attached hydrogens (tertiary/aromatic N) is 1.